The van der Waals surface area contributed by atoms with Gasteiger partial charge in [-0.15, -0.1) is 0 Å². The van der Waals surface area contributed by atoms with E-state index in [9.17, 15) is 0 Å². The minimum Gasteiger partial charge on any atom is -0.370 e. The lowest BCUT2D eigenvalue weighted by Crippen LogP contribution is -2.21. The third-order valence-electron chi connectivity index (χ3n) is 3.78. The standard InChI is InChI=1S/C17H20BrN3/c1-21(12-13-2-4-15(18)5-3-13)17-8-9-19-10-14(17)11-20-16-6-7-16/h2-5,8-10,16,20H,6-7,11-12H2,1H3. The van der Waals surface area contributed by atoms with Crippen molar-refractivity contribution in [1.29, 1.82) is 0 Å². The smallest absolute Gasteiger partial charge is 0.0443 e. The number of halogens is 1. The monoisotopic (exact) mass is 345 g/mol. The lowest BCUT2D eigenvalue weighted by Gasteiger charge is -2.22. The molecule has 0 atom stereocenters. The van der Waals surface area contributed by atoms with Gasteiger partial charge in [-0.25, -0.2) is 0 Å². The summed E-state index contributed by atoms with van der Waals surface area (Å²) in [7, 11) is 2.14. The summed E-state index contributed by atoms with van der Waals surface area (Å²) in [5, 5.41) is 3.57. The summed E-state index contributed by atoms with van der Waals surface area (Å²) < 4.78 is 1.12. The number of nitrogens with zero attached hydrogens (tertiary/aromatic N) is 2. The molecule has 110 valence electrons. The molecule has 1 aromatic carbocycles. The van der Waals surface area contributed by atoms with Crippen LogP contribution in [0, 0.1) is 0 Å². The number of nitrogens with one attached hydrogen (secondary N) is 1. The fraction of sp³-hybridized carbons (Fsp3) is 0.353. The van der Waals surface area contributed by atoms with E-state index < -0.39 is 0 Å². The van der Waals surface area contributed by atoms with Crippen molar-refractivity contribution < 1.29 is 0 Å². The molecule has 4 heteroatoms. The lowest BCUT2D eigenvalue weighted by atomic mass is 10.1. The van der Waals surface area contributed by atoms with Gasteiger partial charge in [-0.05, 0) is 36.6 Å². The van der Waals surface area contributed by atoms with Crippen LogP contribution in [0.15, 0.2) is 47.2 Å². The second-order valence-corrected chi connectivity index (χ2v) is 6.56. The summed E-state index contributed by atoms with van der Waals surface area (Å²) in [6.07, 6.45) is 6.46. The summed E-state index contributed by atoms with van der Waals surface area (Å²) >= 11 is 3.48. The molecule has 0 aliphatic heterocycles. The SMILES string of the molecule is CN(Cc1ccc(Br)cc1)c1ccncc1CNC1CC1. The van der Waals surface area contributed by atoms with E-state index in [-0.39, 0.29) is 0 Å². The Balaban J connectivity index is 1.70. The molecule has 0 spiro atoms. The van der Waals surface area contributed by atoms with E-state index in [0.717, 1.165) is 23.6 Å². The van der Waals surface area contributed by atoms with E-state index in [1.807, 2.05) is 12.4 Å². The zero-order chi connectivity index (χ0) is 14.7. The van der Waals surface area contributed by atoms with E-state index in [0.29, 0.717) is 0 Å². The van der Waals surface area contributed by atoms with Crippen LogP contribution in [0.2, 0.25) is 0 Å². The van der Waals surface area contributed by atoms with Crippen molar-refractivity contribution in [3.8, 4) is 0 Å². The van der Waals surface area contributed by atoms with Gasteiger partial charge in [-0.2, -0.15) is 0 Å². The van der Waals surface area contributed by atoms with Gasteiger partial charge in [0, 0.05) is 54.3 Å². The van der Waals surface area contributed by atoms with Gasteiger partial charge < -0.3 is 10.2 Å². The van der Waals surface area contributed by atoms with Crippen molar-refractivity contribution in [2.75, 3.05) is 11.9 Å². The highest BCUT2D eigenvalue weighted by atomic mass is 79.9. The van der Waals surface area contributed by atoms with Gasteiger partial charge in [0.2, 0.25) is 0 Å². The average Bonchev–Trinajstić information content (AvgIpc) is 3.32. The molecule has 1 N–H and O–H groups in total. The molecule has 0 saturated heterocycles. The summed E-state index contributed by atoms with van der Waals surface area (Å²) in [5.41, 5.74) is 3.82. The fourth-order valence-corrected chi connectivity index (χ4v) is 2.68. The molecule has 2 aromatic rings. The first-order chi connectivity index (χ1) is 10.2. The zero-order valence-electron chi connectivity index (χ0n) is 12.2. The van der Waals surface area contributed by atoms with Gasteiger partial charge in [0.05, 0.1) is 0 Å². The lowest BCUT2D eigenvalue weighted by molar-refractivity contribution is 0.683. The first-order valence-electron chi connectivity index (χ1n) is 7.34. The average molecular weight is 346 g/mol. The van der Waals surface area contributed by atoms with Crippen LogP contribution in [0.3, 0.4) is 0 Å². The maximum atomic E-state index is 4.27. The maximum Gasteiger partial charge on any atom is 0.0443 e. The fourth-order valence-electron chi connectivity index (χ4n) is 2.42. The van der Waals surface area contributed by atoms with E-state index in [4.69, 9.17) is 0 Å². The number of rotatable bonds is 6. The molecule has 0 bridgehead atoms. The molecule has 1 saturated carbocycles. The summed E-state index contributed by atoms with van der Waals surface area (Å²) in [6.45, 7) is 1.80. The Bertz CT molecular complexity index is 593. The van der Waals surface area contributed by atoms with Crippen molar-refractivity contribution in [1.82, 2.24) is 10.3 Å². The molecule has 3 nitrogen and oxygen atoms in total. The van der Waals surface area contributed by atoms with Crippen molar-refractivity contribution in [2.24, 2.45) is 0 Å². The normalized spacial score (nSPS) is 14.2. The van der Waals surface area contributed by atoms with Crippen LogP contribution >= 0.6 is 15.9 Å². The largest absolute Gasteiger partial charge is 0.370 e. The van der Waals surface area contributed by atoms with Crippen LogP contribution in [0.1, 0.15) is 24.0 Å². The number of hydrogen-bond donors (Lipinski definition) is 1. The number of hydrogen-bond acceptors (Lipinski definition) is 3. The molecule has 1 aliphatic carbocycles. The second kappa shape index (κ2) is 6.58. The van der Waals surface area contributed by atoms with Gasteiger partial charge in [-0.1, -0.05) is 28.1 Å². The summed E-state index contributed by atoms with van der Waals surface area (Å²) in [6, 6.07) is 11.3. The predicted molar refractivity (Wildman–Crippen MR) is 90.3 cm³/mol. The predicted octanol–water partition coefficient (Wildman–Crippen LogP) is 3.73. The molecule has 3 rings (SSSR count). The number of aromatic nitrogens is 1. The molecule has 1 heterocycles. The Hall–Kier alpha value is -1.39. The highest BCUT2D eigenvalue weighted by Gasteiger charge is 2.20. The molecule has 1 aliphatic rings. The number of pyridine rings is 1. The summed E-state index contributed by atoms with van der Waals surface area (Å²) in [5.74, 6) is 0. The topological polar surface area (TPSA) is 28.2 Å². The Labute approximate surface area is 134 Å². The quantitative estimate of drug-likeness (QED) is 0.864. The third kappa shape index (κ3) is 4.05. The highest BCUT2D eigenvalue weighted by Crippen LogP contribution is 2.23. The summed E-state index contributed by atoms with van der Waals surface area (Å²) in [4.78, 5) is 6.56. The van der Waals surface area contributed by atoms with Gasteiger partial charge in [0.15, 0.2) is 0 Å². The van der Waals surface area contributed by atoms with Crippen LogP contribution in [0.5, 0.6) is 0 Å². The zero-order valence-corrected chi connectivity index (χ0v) is 13.8. The van der Waals surface area contributed by atoms with Gasteiger partial charge in [0.25, 0.3) is 0 Å². The van der Waals surface area contributed by atoms with Crippen molar-refractivity contribution in [2.45, 2.75) is 32.0 Å². The van der Waals surface area contributed by atoms with Crippen LogP contribution < -0.4 is 10.2 Å². The third-order valence-corrected chi connectivity index (χ3v) is 4.31. The van der Waals surface area contributed by atoms with Crippen molar-refractivity contribution in [3.05, 3.63) is 58.3 Å². The Kier molecular flexibility index (Phi) is 4.56. The minimum atomic E-state index is 0.717. The molecule has 0 radical (unpaired) electrons. The maximum absolute atomic E-state index is 4.27. The second-order valence-electron chi connectivity index (χ2n) is 5.64. The van der Waals surface area contributed by atoms with Gasteiger partial charge in [0.1, 0.15) is 0 Å². The van der Waals surface area contributed by atoms with Crippen LogP contribution in [0.25, 0.3) is 0 Å². The number of anilines is 1. The van der Waals surface area contributed by atoms with E-state index in [1.165, 1.54) is 29.7 Å². The molecule has 0 unspecified atom stereocenters. The molecular weight excluding hydrogens is 326 g/mol. The first kappa shape index (κ1) is 14.5. The van der Waals surface area contributed by atoms with E-state index in [2.05, 4.69) is 68.5 Å². The first-order valence-corrected chi connectivity index (χ1v) is 8.13. The molecule has 1 fully saturated rings. The van der Waals surface area contributed by atoms with Crippen LogP contribution in [0.4, 0.5) is 5.69 Å². The Morgan fingerprint density at radius 3 is 2.71 bits per heavy atom. The molecular formula is C17H20BrN3. The van der Waals surface area contributed by atoms with E-state index in [1.54, 1.807) is 0 Å². The molecule has 21 heavy (non-hydrogen) atoms. The minimum absolute atomic E-state index is 0.717. The van der Waals surface area contributed by atoms with E-state index >= 15 is 0 Å². The highest BCUT2D eigenvalue weighted by molar-refractivity contribution is 9.10. The van der Waals surface area contributed by atoms with Crippen molar-refractivity contribution in [3.63, 3.8) is 0 Å². The van der Waals surface area contributed by atoms with Crippen LogP contribution in [-0.4, -0.2) is 18.1 Å². The Morgan fingerprint density at radius 2 is 2.00 bits per heavy atom. The molecule has 1 aromatic heterocycles. The Morgan fingerprint density at radius 1 is 1.24 bits per heavy atom. The van der Waals surface area contributed by atoms with Crippen LogP contribution in [-0.2, 0) is 13.1 Å². The van der Waals surface area contributed by atoms with Gasteiger partial charge >= 0.3 is 0 Å². The number of benzene rings is 1. The van der Waals surface area contributed by atoms with Crippen molar-refractivity contribution >= 4 is 21.6 Å². The molecule has 0 amide bonds. The van der Waals surface area contributed by atoms with Gasteiger partial charge in [-0.3, -0.25) is 4.98 Å².